The first-order valence-corrected chi connectivity index (χ1v) is 4.95. The Balaban J connectivity index is 2.57. The minimum absolute atomic E-state index is 0.0131. The van der Waals surface area contributed by atoms with Gasteiger partial charge in [0.05, 0.1) is 0 Å². The van der Waals surface area contributed by atoms with Crippen molar-refractivity contribution in [3.63, 3.8) is 0 Å². The molecule has 0 N–H and O–H groups in total. The quantitative estimate of drug-likeness (QED) is 0.318. The molecule has 2 heteroatoms. The Labute approximate surface area is 89.6 Å². The first-order valence-electron chi connectivity index (χ1n) is 4.95. The Morgan fingerprint density at radius 3 is 2.47 bits per heavy atom. The molecule has 1 aromatic rings. The fraction of sp³-hybridized carbons (Fsp3) is 0.231. The molecule has 0 aliphatic carbocycles. The number of aryl methyl sites for hydroxylation is 1. The van der Waals surface area contributed by atoms with Crippen molar-refractivity contribution < 1.29 is 9.59 Å². The Morgan fingerprint density at radius 2 is 1.87 bits per heavy atom. The molecule has 0 saturated heterocycles. The zero-order valence-electron chi connectivity index (χ0n) is 8.77. The summed E-state index contributed by atoms with van der Waals surface area (Å²) in [6, 6.07) is 7.43. The molecule has 0 fully saturated rings. The van der Waals surface area contributed by atoms with E-state index in [4.69, 9.17) is 0 Å². The van der Waals surface area contributed by atoms with Crippen LogP contribution in [0.2, 0.25) is 0 Å². The fourth-order valence-electron chi connectivity index (χ4n) is 1.17. The topological polar surface area (TPSA) is 34.1 Å². The van der Waals surface area contributed by atoms with Gasteiger partial charge in [-0.2, -0.15) is 0 Å². The molecule has 0 aliphatic rings. The first-order chi connectivity index (χ1) is 7.24. The van der Waals surface area contributed by atoms with Crippen molar-refractivity contribution in [3.05, 3.63) is 47.5 Å². The van der Waals surface area contributed by atoms with Crippen molar-refractivity contribution in [2.45, 2.75) is 19.8 Å². The number of carbonyl (C=O) groups is 2. The predicted molar refractivity (Wildman–Crippen MR) is 59.9 cm³/mol. The molecule has 0 atom stereocenters. The van der Waals surface area contributed by atoms with Crippen LogP contribution in [0.4, 0.5) is 0 Å². The molecule has 0 bridgehead atoms. The lowest BCUT2D eigenvalue weighted by atomic mass is 10.1. The number of carbonyl (C=O) groups excluding carboxylic acids is 2. The number of aldehydes is 1. The second kappa shape index (κ2) is 5.91. The number of hydrogen-bond donors (Lipinski definition) is 0. The highest BCUT2D eigenvalue weighted by molar-refractivity contribution is 6.04. The van der Waals surface area contributed by atoms with E-state index in [1.807, 2.05) is 31.2 Å². The average Bonchev–Trinajstić information content (AvgIpc) is 2.25. The third kappa shape index (κ3) is 3.90. The molecule has 0 heterocycles. The highest BCUT2D eigenvalue weighted by Crippen LogP contribution is 2.05. The van der Waals surface area contributed by atoms with Crippen molar-refractivity contribution in [1.29, 1.82) is 0 Å². The van der Waals surface area contributed by atoms with E-state index < -0.39 is 0 Å². The molecule has 0 saturated carbocycles. The Kier molecular flexibility index (Phi) is 4.48. The van der Waals surface area contributed by atoms with Crippen LogP contribution < -0.4 is 0 Å². The minimum Gasteiger partial charge on any atom is -0.303 e. The maximum atomic E-state index is 11.5. The van der Waals surface area contributed by atoms with Crippen molar-refractivity contribution in [1.82, 2.24) is 0 Å². The lowest BCUT2D eigenvalue weighted by Crippen LogP contribution is -1.93. The van der Waals surface area contributed by atoms with Crippen LogP contribution in [0.1, 0.15) is 28.8 Å². The highest BCUT2D eigenvalue weighted by Gasteiger charge is 1.99. The second-order valence-electron chi connectivity index (χ2n) is 3.38. The molecule has 2 nitrogen and oxygen atoms in total. The molecular weight excluding hydrogens is 188 g/mol. The van der Waals surface area contributed by atoms with Crippen LogP contribution >= 0.6 is 0 Å². The largest absolute Gasteiger partial charge is 0.303 e. The van der Waals surface area contributed by atoms with E-state index in [0.29, 0.717) is 18.4 Å². The van der Waals surface area contributed by atoms with Crippen LogP contribution in [0.25, 0.3) is 0 Å². The van der Waals surface area contributed by atoms with Gasteiger partial charge in [0, 0.05) is 12.0 Å². The van der Waals surface area contributed by atoms with Gasteiger partial charge in [0.15, 0.2) is 5.78 Å². The maximum Gasteiger partial charge on any atom is 0.185 e. The van der Waals surface area contributed by atoms with E-state index in [0.717, 1.165) is 11.8 Å². The van der Waals surface area contributed by atoms with Gasteiger partial charge in [-0.05, 0) is 19.4 Å². The Hall–Kier alpha value is -1.70. The van der Waals surface area contributed by atoms with Crippen LogP contribution in [0.15, 0.2) is 36.4 Å². The highest BCUT2D eigenvalue weighted by atomic mass is 16.1. The lowest BCUT2D eigenvalue weighted by Gasteiger charge is -1.96. The van der Waals surface area contributed by atoms with Gasteiger partial charge in [-0.1, -0.05) is 35.9 Å². The smallest absolute Gasteiger partial charge is 0.185 e. The van der Waals surface area contributed by atoms with Gasteiger partial charge in [0.2, 0.25) is 0 Å². The van der Waals surface area contributed by atoms with Crippen molar-refractivity contribution in [2.24, 2.45) is 0 Å². The van der Waals surface area contributed by atoms with Crippen molar-refractivity contribution in [3.8, 4) is 0 Å². The molecule has 0 aliphatic heterocycles. The molecule has 78 valence electrons. The maximum absolute atomic E-state index is 11.5. The van der Waals surface area contributed by atoms with Crippen LogP contribution in [0.3, 0.4) is 0 Å². The summed E-state index contributed by atoms with van der Waals surface area (Å²) in [5.74, 6) is -0.0131. The van der Waals surface area contributed by atoms with Crippen molar-refractivity contribution in [2.75, 3.05) is 0 Å². The van der Waals surface area contributed by atoms with E-state index in [1.165, 1.54) is 6.08 Å². The second-order valence-corrected chi connectivity index (χ2v) is 3.38. The van der Waals surface area contributed by atoms with Crippen LogP contribution in [-0.4, -0.2) is 12.1 Å². The van der Waals surface area contributed by atoms with Gasteiger partial charge < -0.3 is 4.79 Å². The molecule has 0 radical (unpaired) electrons. The zero-order chi connectivity index (χ0) is 11.1. The number of unbranched alkanes of at least 4 members (excludes halogenated alkanes) is 1. The molecule has 0 aromatic heterocycles. The number of ketones is 1. The predicted octanol–water partition coefficient (Wildman–Crippen LogP) is 2.71. The van der Waals surface area contributed by atoms with Gasteiger partial charge in [-0.25, -0.2) is 0 Å². The summed E-state index contributed by atoms with van der Waals surface area (Å²) in [4.78, 5) is 21.6. The molecule has 15 heavy (non-hydrogen) atoms. The van der Waals surface area contributed by atoms with Gasteiger partial charge in [-0.3, -0.25) is 4.79 Å². The van der Waals surface area contributed by atoms with E-state index >= 15 is 0 Å². The summed E-state index contributed by atoms with van der Waals surface area (Å²) in [5, 5.41) is 0. The van der Waals surface area contributed by atoms with Gasteiger partial charge in [-0.15, -0.1) is 0 Å². The summed E-state index contributed by atoms with van der Waals surface area (Å²) in [6.45, 7) is 1.98. The van der Waals surface area contributed by atoms with Gasteiger partial charge >= 0.3 is 0 Å². The minimum atomic E-state index is -0.0131. The Morgan fingerprint density at radius 1 is 1.20 bits per heavy atom. The molecule has 1 aromatic carbocycles. The molecule has 1 rings (SSSR count). The molecular formula is C13H14O2. The zero-order valence-corrected chi connectivity index (χ0v) is 8.77. The monoisotopic (exact) mass is 202 g/mol. The first kappa shape index (κ1) is 11.4. The summed E-state index contributed by atoms with van der Waals surface area (Å²) < 4.78 is 0. The summed E-state index contributed by atoms with van der Waals surface area (Å²) >= 11 is 0. The van der Waals surface area contributed by atoms with Crippen LogP contribution in [-0.2, 0) is 4.79 Å². The molecule has 0 amide bonds. The van der Waals surface area contributed by atoms with E-state index in [2.05, 4.69) is 0 Å². The number of allylic oxidation sites excluding steroid dienone is 2. The third-order valence-electron chi connectivity index (χ3n) is 2.06. The SMILES string of the molecule is Cc1ccc(C(=O)/C=C\CCC=O)cc1. The molecule has 0 spiro atoms. The van der Waals surface area contributed by atoms with Crippen molar-refractivity contribution >= 4 is 12.1 Å². The van der Waals surface area contributed by atoms with Crippen LogP contribution in [0.5, 0.6) is 0 Å². The van der Waals surface area contributed by atoms with E-state index in [-0.39, 0.29) is 5.78 Å². The average molecular weight is 202 g/mol. The normalized spacial score (nSPS) is 10.5. The van der Waals surface area contributed by atoms with E-state index in [9.17, 15) is 9.59 Å². The molecule has 0 unspecified atom stereocenters. The van der Waals surface area contributed by atoms with Gasteiger partial charge in [0.25, 0.3) is 0 Å². The third-order valence-corrected chi connectivity index (χ3v) is 2.06. The lowest BCUT2D eigenvalue weighted by molar-refractivity contribution is -0.107. The van der Waals surface area contributed by atoms with E-state index in [1.54, 1.807) is 6.08 Å². The Bertz CT molecular complexity index is 361. The van der Waals surface area contributed by atoms with Crippen LogP contribution in [0, 0.1) is 6.92 Å². The summed E-state index contributed by atoms with van der Waals surface area (Å²) in [5.41, 5.74) is 1.82. The fourth-order valence-corrected chi connectivity index (χ4v) is 1.17. The summed E-state index contributed by atoms with van der Waals surface area (Å²) in [7, 11) is 0. The summed E-state index contributed by atoms with van der Waals surface area (Å²) in [6.07, 6.45) is 5.20. The number of hydrogen-bond acceptors (Lipinski definition) is 2. The van der Waals surface area contributed by atoms with Gasteiger partial charge in [0.1, 0.15) is 6.29 Å². The standard InChI is InChI=1S/C13H14O2/c1-11-6-8-12(9-7-11)13(15)5-3-2-4-10-14/h3,5-10H,2,4H2,1H3/b5-3-. The number of rotatable bonds is 5. The number of benzene rings is 1.